The second-order valence-corrected chi connectivity index (χ2v) is 10.0. The molecule has 0 aliphatic carbocycles. The lowest BCUT2D eigenvalue weighted by Crippen LogP contribution is -2.47. The predicted molar refractivity (Wildman–Crippen MR) is 159 cm³/mol. The number of piperazine rings is 1. The van der Waals surface area contributed by atoms with Crippen LogP contribution in [-0.2, 0) is 6.61 Å². The number of rotatable bonds is 8. The quantitative estimate of drug-likeness (QED) is 0.275. The van der Waals surface area contributed by atoms with Gasteiger partial charge in [-0.2, -0.15) is 5.10 Å². The molecule has 41 heavy (non-hydrogen) atoms. The van der Waals surface area contributed by atoms with Crippen molar-refractivity contribution in [3.63, 3.8) is 0 Å². The summed E-state index contributed by atoms with van der Waals surface area (Å²) in [6, 6.07) is 27.2. The molecule has 0 unspecified atom stereocenters. The second kappa shape index (κ2) is 12.0. The van der Waals surface area contributed by atoms with Gasteiger partial charge in [-0.05, 0) is 55.1 Å². The highest BCUT2D eigenvalue weighted by atomic mass is 16.5. The fourth-order valence-electron chi connectivity index (χ4n) is 4.77. The smallest absolute Gasteiger partial charge is 0.253 e. The maximum absolute atomic E-state index is 12.9. The number of aromatic amines is 1. The Hall–Kier alpha value is -5.02. The summed E-state index contributed by atoms with van der Waals surface area (Å²) in [5.41, 5.74) is 5.84. The summed E-state index contributed by atoms with van der Waals surface area (Å²) in [7, 11) is 2.08. The third-order valence-corrected chi connectivity index (χ3v) is 7.11. The van der Waals surface area contributed by atoms with Crippen LogP contribution in [0.2, 0.25) is 0 Å². The molecule has 0 saturated carbocycles. The Balaban J connectivity index is 1.15. The van der Waals surface area contributed by atoms with Crippen LogP contribution in [-0.4, -0.2) is 69.1 Å². The SMILES string of the molecule is CN1CCN(C(=O)c2ccc(Nc3nccc(-c4c[nH]nc4-c4cccc(OCc5ccccc5)c4)n3)cc2)CC1. The largest absolute Gasteiger partial charge is 0.489 e. The number of amides is 1. The Labute approximate surface area is 238 Å². The van der Waals surface area contributed by atoms with Gasteiger partial charge in [0.05, 0.1) is 5.69 Å². The van der Waals surface area contributed by atoms with Gasteiger partial charge < -0.3 is 19.9 Å². The van der Waals surface area contributed by atoms with Crippen molar-refractivity contribution in [2.45, 2.75) is 6.61 Å². The number of carbonyl (C=O) groups is 1. The molecule has 1 saturated heterocycles. The van der Waals surface area contributed by atoms with Crippen LogP contribution >= 0.6 is 0 Å². The average Bonchev–Trinajstić information content (AvgIpc) is 3.52. The van der Waals surface area contributed by atoms with Crippen LogP contribution in [0.1, 0.15) is 15.9 Å². The summed E-state index contributed by atoms with van der Waals surface area (Å²) in [6.07, 6.45) is 3.55. The zero-order chi connectivity index (χ0) is 28.0. The van der Waals surface area contributed by atoms with E-state index < -0.39 is 0 Å². The first-order valence-electron chi connectivity index (χ1n) is 13.6. The molecule has 6 rings (SSSR count). The number of aromatic nitrogens is 4. The standard InChI is InChI=1S/C32H31N7O2/c1-38-16-18-39(19-17-38)31(40)24-10-12-26(13-11-24)35-32-33-15-14-29(36-32)28-21-34-37-30(28)25-8-5-9-27(20-25)41-22-23-6-3-2-4-7-23/h2-15,20-21H,16-19,22H2,1H3,(H,34,37)(H,33,35,36). The number of carbonyl (C=O) groups excluding carboxylic acids is 1. The molecule has 2 N–H and O–H groups in total. The number of H-pyrrole nitrogens is 1. The van der Waals surface area contributed by atoms with Crippen LogP contribution in [0.3, 0.4) is 0 Å². The highest BCUT2D eigenvalue weighted by molar-refractivity contribution is 5.94. The second-order valence-electron chi connectivity index (χ2n) is 10.0. The highest BCUT2D eigenvalue weighted by Crippen LogP contribution is 2.31. The third-order valence-electron chi connectivity index (χ3n) is 7.11. The van der Waals surface area contributed by atoms with Crippen LogP contribution in [0.4, 0.5) is 11.6 Å². The zero-order valence-corrected chi connectivity index (χ0v) is 22.8. The number of nitrogens with one attached hydrogen (secondary N) is 2. The Morgan fingerprint density at radius 2 is 1.76 bits per heavy atom. The van der Waals surface area contributed by atoms with E-state index in [2.05, 4.69) is 32.4 Å². The molecule has 1 fully saturated rings. The van der Waals surface area contributed by atoms with E-state index >= 15 is 0 Å². The van der Waals surface area contributed by atoms with E-state index in [1.807, 2.05) is 96.0 Å². The van der Waals surface area contributed by atoms with E-state index in [9.17, 15) is 4.79 Å². The summed E-state index contributed by atoms with van der Waals surface area (Å²) in [5, 5.41) is 10.7. The first kappa shape index (κ1) is 26.2. The summed E-state index contributed by atoms with van der Waals surface area (Å²) in [5.74, 6) is 1.28. The molecule has 1 aliphatic rings. The van der Waals surface area contributed by atoms with Crippen molar-refractivity contribution >= 4 is 17.5 Å². The van der Waals surface area contributed by atoms with Crippen LogP contribution in [0, 0.1) is 0 Å². The molecule has 0 radical (unpaired) electrons. The van der Waals surface area contributed by atoms with Gasteiger partial charge in [0.15, 0.2) is 0 Å². The number of likely N-dealkylation sites (N-methyl/N-ethyl adjacent to an activating group) is 1. The van der Waals surface area contributed by atoms with Crippen molar-refractivity contribution < 1.29 is 9.53 Å². The van der Waals surface area contributed by atoms with Gasteiger partial charge >= 0.3 is 0 Å². The molecule has 2 aromatic heterocycles. The number of anilines is 2. The van der Waals surface area contributed by atoms with E-state index in [0.29, 0.717) is 18.1 Å². The summed E-state index contributed by atoms with van der Waals surface area (Å²) < 4.78 is 6.02. The van der Waals surface area contributed by atoms with Crippen LogP contribution in [0.15, 0.2) is 97.3 Å². The fourth-order valence-corrected chi connectivity index (χ4v) is 4.77. The molecular formula is C32H31N7O2. The molecule has 0 atom stereocenters. The number of benzene rings is 3. The van der Waals surface area contributed by atoms with Crippen molar-refractivity contribution in [2.24, 2.45) is 0 Å². The normalized spacial score (nSPS) is 13.6. The molecule has 9 nitrogen and oxygen atoms in total. The van der Waals surface area contributed by atoms with Gasteiger partial charge in [-0.15, -0.1) is 0 Å². The lowest BCUT2D eigenvalue weighted by molar-refractivity contribution is 0.0664. The predicted octanol–water partition coefficient (Wildman–Crippen LogP) is 5.24. The maximum atomic E-state index is 12.9. The van der Waals surface area contributed by atoms with Gasteiger partial charge in [0.25, 0.3) is 5.91 Å². The highest BCUT2D eigenvalue weighted by Gasteiger charge is 2.20. The Morgan fingerprint density at radius 3 is 2.56 bits per heavy atom. The average molecular weight is 546 g/mol. The summed E-state index contributed by atoms with van der Waals surface area (Å²) in [6.45, 7) is 3.77. The van der Waals surface area contributed by atoms with Gasteiger partial charge in [-0.3, -0.25) is 9.89 Å². The van der Waals surface area contributed by atoms with E-state index in [4.69, 9.17) is 9.72 Å². The van der Waals surface area contributed by atoms with Gasteiger partial charge in [0.2, 0.25) is 5.95 Å². The maximum Gasteiger partial charge on any atom is 0.253 e. The van der Waals surface area contributed by atoms with Gasteiger partial charge in [0, 0.05) is 61.0 Å². The van der Waals surface area contributed by atoms with Gasteiger partial charge in [-0.1, -0.05) is 42.5 Å². The lowest BCUT2D eigenvalue weighted by Gasteiger charge is -2.32. The van der Waals surface area contributed by atoms with E-state index in [0.717, 1.165) is 65.7 Å². The molecule has 0 bridgehead atoms. The minimum Gasteiger partial charge on any atom is -0.489 e. The number of nitrogens with zero attached hydrogens (tertiary/aromatic N) is 5. The molecular weight excluding hydrogens is 514 g/mol. The van der Waals surface area contributed by atoms with Crippen LogP contribution < -0.4 is 10.1 Å². The first-order valence-corrected chi connectivity index (χ1v) is 13.6. The molecule has 3 aromatic carbocycles. The van der Waals surface area contributed by atoms with Crippen LogP contribution in [0.25, 0.3) is 22.5 Å². The molecule has 3 heterocycles. The molecule has 0 spiro atoms. The Bertz CT molecular complexity index is 1610. The van der Waals surface area contributed by atoms with Crippen LogP contribution in [0.5, 0.6) is 5.75 Å². The first-order chi connectivity index (χ1) is 20.1. The van der Waals surface area contributed by atoms with Crippen molar-refractivity contribution in [1.29, 1.82) is 0 Å². The number of ether oxygens (including phenoxy) is 1. The zero-order valence-electron chi connectivity index (χ0n) is 22.8. The van der Waals surface area contributed by atoms with Crippen molar-refractivity contribution in [3.05, 3.63) is 108 Å². The van der Waals surface area contributed by atoms with Crippen molar-refractivity contribution in [2.75, 3.05) is 38.5 Å². The topological polar surface area (TPSA) is 99.3 Å². The lowest BCUT2D eigenvalue weighted by atomic mass is 10.1. The minimum atomic E-state index is 0.0601. The van der Waals surface area contributed by atoms with Gasteiger partial charge in [0.1, 0.15) is 18.1 Å². The molecule has 9 heteroatoms. The minimum absolute atomic E-state index is 0.0601. The van der Waals surface area contributed by atoms with Gasteiger partial charge in [-0.25, -0.2) is 9.97 Å². The Kier molecular flexibility index (Phi) is 7.68. The van der Waals surface area contributed by atoms with E-state index in [1.165, 1.54) is 0 Å². The van der Waals surface area contributed by atoms with Crippen molar-refractivity contribution in [3.8, 4) is 28.3 Å². The Morgan fingerprint density at radius 1 is 0.951 bits per heavy atom. The number of hydrogen-bond acceptors (Lipinski definition) is 7. The third kappa shape index (κ3) is 6.26. The van der Waals surface area contributed by atoms with Crippen molar-refractivity contribution in [1.82, 2.24) is 30.0 Å². The molecule has 206 valence electrons. The van der Waals surface area contributed by atoms with E-state index in [1.54, 1.807) is 6.20 Å². The molecule has 1 aliphatic heterocycles. The van der Waals surface area contributed by atoms with E-state index in [-0.39, 0.29) is 5.91 Å². The fraction of sp³-hybridized carbons (Fsp3) is 0.188. The molecule has 5 aromatic rings. The number of hydrogen-bond donors (Lipinski definition) is 2. The molecule has 1 amide bonds. The monoisotopic (exact) mass is 545 g/mol. The summed E-state index contributed by atoms with van der Waals surface area (Å²) in [4.78, 5) is 26.1. The summed E-state index contributed by atoms with van der Waals surface area (Å²) >= 11 is 0.